The van der Waals surface area contributed by atoms with Crippen molar-refractivity contribution in [3.8, 4) is 5.75 Å². The van der Waals surface area contributed by atoms with E-state index in [0.717, 1.165) is 12.8 Å². The van der Waals surface area contributed by atoms with Crippen LogP contribution in [0.3, 0.4) is 0 Å². The predicted molar refractivity (Wildman–Crippen MR) is 81.7 cm³/mol. The number of nitrogen functional groups attached to an aromatic ring is 1. The maximum absolute atomic E-state index is 12.0. The van der Waals surface area contributed by atoms with Crippen LogP contribution in [0.15, 0.2) is 18.2 Å². The molecule has 0 heterocycles. The van der Waals surface area contributed by atoms with Gasteiger partial charge in [0.15, 0.2) is 0 Å². The highest BCUT2D eigenvalue weighted by molar-refractivity contribution is 5.95. The van der Waals surface area contributed by atoms with Crippen molar-refractivity contribution in [2.75, 3.05) is 46.3 Å². The number of nitrogens with one attached hydrogen (secondary N) is 1. The van der Waals surface area contributed by atoms with Gasteiger partial charge in [-0.1, -0.05) is 0 Å². The molecule has 6 heteroatoms. The van der Waals surface area contributed by atoms with E-state index in [2.05, 4.69) is 5.32 Å². The lowest BCUT2D eigenvalue weighted by Gasteiger charge is -2.08. The number of amides is 1. The van der Waals surface area contributed by atoms with Crippen molar-refractivity contribution in [2.45, 2.75) is 12.8 Å². The Labute approximate surface area is 125 Å². The minimum Gasteiger partial charge on any atom is -0.497 e. The number of anilines is 1. The fourth-order valence-corrected chi connectivity index (χ4v) is 1.75. The molecule has 0 aromatic heterocycles. The van der Waals surface area contributed by atoms with Crippen LogP contribution >= 0.6 is 0 Å². The summed E-state index contributed by atoms with van der Waals surface area (Å²) in [6.07, 6.45) is 1.75. The van der Waals surface area contributed by atoms with Crippen molar-refractivity contribution >= 4 is 11.6 Å². The van der Waals surface area contributed by atoms with E-state index in [0.29, 0.717) is 43.4 Å². The summed E-state index contributed by atoms with van der Waals surface area (Å²) in [5, 5.41) is 2.85. The molecule has 0 aliphatic heterocycles. The first-order valence-electron chi connectivity index (χ1n) is 6.97. The molecule has 0 radical (unpaired) electrons. The first kappa shape index (κ1) is 17.3. The van der Waals surface area contributed by atoms with Crippen LogP contribution in [0.25, 0.3) is 0 Å². The smallest absolute Gasteiger partial charge is 0.251 e. The lowest BCUT2D eigenvalue weighted by Crippen LogP contribution is -2.24. The number of carbonyl (C=O) groups excluding carboxylic acids is 1. The zero-order valence-electron chi connectivity index (χ0n) is 12.7. The van der Waals surface area contributed by atoms with E-state index in [1.807, 2.05) is 0 Å². The van der Waals surface area contributed by atoms with Crippen molar-refractivity contribution in [2.24, 2.45) is 0 Å². The number of carbonyl (C=O) groups is 1. The van der Waals surface area contributed by atoms with Crippen molar-refractivity contribution in [3.05, 3.63) is 23.8 Å². The Kier molecular flexibility index (Phi) is 8.23. The highest BCUT2D eigenvalue weighted by atomic mass is 16.5. The minimum absolute atomic E-state index is 0.152. The summed E-state index contributed by atoms with van der Waals surface area (Å²) >= 11 is 0. The summed E-state index contributed by atoms with van der Waals surface area (Å²) in [6, 6.07) is 4.97. The maximum Gasteiger partial charge on any atom is 0.251 e. The fourth-order valence-electron chi connectivity index (χ4n) is 1.75. The van der Waals surface area contributed by atoms with E-state index in [-0.39, 0.29) is 5.91 Å². The summed E-state index contributed by atoms with van der Waals surface area (Å²) in [6.45, 7) is 2.48. The molecule has 0 bridgehead atoms. The van der Waals surface area contributed by atoms with Crippen LogP contribution in [0.4, 0.5) is 5.69 Å². The molecule has 0 saturated carbocycles. The number of benzene rings is 1. The van der Waals surface area contributed by atoms with Gasteiger partial charge in [-0.15, -0.1) is 0 Å². The molecule has 3 N–H and O–H groups in total. The Bertz CT molecular complexity index is 438. The number of unbranched alkanes of at least 4 members (excludes halogenated alkanes) is 1. The molecule has 0 atom stereocenters. The molecule has 0 spiro atoms. The van der Waals surface area contributed by atoms with E-state index in [9.17, 15) is 4.79 Å². The van der Waals surface area contributed by atoms with Crippen molar-refractivity contribution < 1.29 is 19.0 Å². The molecule has 21 heavy (non-hydrogen) atoms. The normalized spacial score (nSPS) is 10.4. The number of hydrogen-bond donors (Lipinski definition) is 2. The van der Waals surface area contributed by atoms with E-state index >= 15 is 0 Å². The lowest BCUT2D eigenvalue weighted by molar-refractivity contribution is 0.0686. The third-order valence-electron chi connectivity index (χ3n) is 2.86. The number of hydrogen-bond acceptors (Lipinski definition) is 5. The van der Waals surface area contributed by atoms with Gasteiger partial charge < -0.3 is 25.3 Å². The van der Waals surface area contributed by atoms with Gasteiger partial charge in [-0.2, -0.15) is 0 Å². The Morgan fingerprint density at radius 2 is 1.95 bits per heavy atom. The lowest BCUT2D eigenvalue weighted by atomic mass is 10.1. The molecule has 0 aliphatic carbocycles. The van der Waals surface area contributed by atoms with E-state index in [1.54, 1.807) is 32.4 Å². The molecule has 1 aromatic carbocycles. The highest BCUT2D eigenvalue weighted by Crippen LogP contribution is 2.18. The maximum atomic E-state index is 12.0. The van der Waals surface area contributed by atoms with Gasteiger partial charge >= 0.3 is 0 Å². The fraction of sp³-hybridized carbons (Fsp3) is 0.533. The topological polar surface area (TPSA) is 82.8 Å². The van der Waals surface area contributed by atoms with Gasteiger partial charge in [-0.05, 0) is 25.0 Å². The van der Waals surface area contributed by atoms with Crippen molar-refractivity contribution in [1.29, 1.82) is 0 Å². The molecule has 0 saturated heterocycles. The Morgan fingerprint density at radius 1 is 1.14 bits per heavy atom. The molecule has 0 unspecified atom stereocenters. The van der Waals surface area contributed by atoms with Crippen molar-refractivity contribution in [1.82, 2.24) is 5.32 Å². The second-order valence-corrected chi connectivity index (χ2v) is 4.56. The minimum atomic E-state index is -0.152. The zero-order valence-corrected chi connectivity index (χ0v) is 12.7. The molecule has 1 rings (SSSR count). The van der Waals surface area contributed by atoms with Crippen LogP contribution in [0.5, 0.6) is 5.75 Å². The van der Waals surface area contributed by atoms with E-state index in [4.69, 9.17) is 19.9 Å². The standard InChI is InChI=1S/C15H24N2O4/c1-19-7-8-21-6-4-3-5-17-15(18)12-9-13(16)11-14(10-12)20-2/h9-11H,3-8,16H2,1-2H3,(H,17,18). The summed E-state index contributed by atoms with van der Waals surface area (Å²) < 4.78 is 15.3. The van der Waals surface area contributed by atoms with Gasteiger partial charge in [-0.3, -0.25) is 4.79 Å². The summed E-state index contributed by atoms with van der Waals surface area (Å²) in [7, 11) is 3.18. The van der Waals surface area contributed by atoms with Gasteiger partial charge in [0.1, 0.15) is 5.75 Å². The van der Waals surface area contributed by atoms with Crippen LogP contribution < -0.4 is 15.8 Å². The van der Waals surface area contributed by atoms with Crippen LogP contribution in [0.1, 0.15) is 23.2 Å². The van der Waals surface area contributed by atoms with E-state index in [1.165, 1.54) is 0 Å². The predicted octanol–water partition coefficient (Wildman–Crippen LogP) is 1.45. The molecule has 6 nitrogen and oxygen atoms in total. The first-order chi connectivity index (χ1) is 10.2. The second-order valence-electron chi connectivity index (χ2n) is 4.56. The molecule has 118 valence electrons. The van der Waals surface area contributed by atoms with Gasteiger partial charge in [0.2, 0.25) is 0 Å². The van der Waals surface area contributed by atoms with Gasteiger partial charge in [0.25, 0.3) is 5.91 Å². The number of ether oxygens (including phenoxy) is 3. The quantitative estimate of drug-likeness (QED) is 0.504. The number of rotatable bonds is 10. The van der Waals surface area contributed by atoms with Crippen LogP contribution in [0.2, 0.25) is 0 Å². The average Bonchev–Trinajstić information content (AvgIpc) is 2.49. The SMILES string of the molecule is COCCOCCCCNC(=O)c1cc(N)cc(OC)c1. The first-order valence-corrected chi connectivity index (χ1v) is 6.97. The Hall–Kier alpha value is -1.79. The van der Waals surface area contributed by atoms with Crippen LogP contribution in [-0.2, 0) is 9.47 Å². The number of methoxy groups -OCH3 is 2. The molecule has 1 aromatic rings. The van der Waals surface area contributed by atoms with Crippen molar-refractivity contribution in [3.63, 3.8) is 0 Å². The van der Waals surface area contributed by atoms with Gasteiger partial charge in [0, 0.05) is 37.6 Å². The van der Waals surface area contributed by atoms with Gasteiger partial charge in [-0.25, -0.2) is 0 Å². The molecule has 1 amide bonds. The summed E-state index contributed by atoms with van der Waals surface area (Å²) in [5.74, 6) is 0.424. The highest BCUT2D eigenvalue weighted by Gasteiger charge is 2.07. The Morgan fingerprint density at radius 3 is 2.67 bits per heavy atom. The summed E-state index contributed by atoms with van der Waals surface area (Å²) in [5.41, 5.74) is 6.73. The third kappa shape index (κ3) is 6.97. The molecular formula is C15H24N2O4. The molecule has 0 aliphatic rings. The van der Waals surface area contributed by atoms with Gasteiger partial charge in [0.05, 0.1) is 20.3 Å². The van der Waals surface area contributed by atoms with Crippen LogP contribution in [-0.4, -0.2) is 46.5 Å². The monoisotopic (exact) mass is 296 g/mol. The molecular weight excluding hydrogens is 272 g/mol. The zero-order chi connectivity index (χ0) is 15.5. The second kappa shape index (κ2) is 10.0. The largest absolute Gasteiger partial charge is 0.497 e. The average molecular weight is 296 g/mol. The summed E-state index contributed by atoms with van der Waals surface area (Å²) in [4.78, 5) is 12.0. The van der Waals surface area contributed by atoms with Crippen LogP contribution in [0, 0.1) is 0 Å². The number of nitrogens with two attached hydrogens (primary N) is 1. The third-order valence-corrected chi connectivity index (χ3v) is 2.86. The van der Waals surface area contributed by atoms with E-state index < -0.39 is 0 Å². The Balaban J connectivity index is 2.23. The molecule has 0 fully saturated rings.